The zero-order chi connectivity index (χ0) is 14.6. The van der Waals surface area contributed by atoms with Gasteiger partial charge >= 0.3 is 5.97 Å². The molecule has 1 fully saturated rings. The largest absolute Gasteiger partial charge is 0.481 e. The third kappa shape index (κ3) is 3.03. The van der Waals surface area contributed by atoms with Crippen LogP contribution >= 0.6 is 0 Å². The highest BCUT2D eigenvalue weighted by molar-refractivity contribution is 5.75. The van der Waals surface area contributed by atoms with E-state index in [1.807, 2.05) is 19.4 Å². The molecular formula is C15H25N3O2. The number of aliphatic carboxylic acids is 1. The van der Waals surface area contributed by atoms with Crippen molar-refractivity contribution in [1.82, 2.24) is 14.5 Å². The standard InChI is InChI=1S/C15H25N3O2/c1-3-7-18-12-16-9-13(18)10-17-8-5-6-15(4-2,11-17)14(19)20/h9,12H,3-8,10-11H2,1-2H3,(H,19,20). The monoisotopic (exact) mass is 279 g/mol. The van der Waals surface area contributed by atoms with Crippen molar-refractivity contribution in [2.24, 2.45) is 5.41 Å². The Labute approximate surface area is 120 Å². The van der Waals surface area contributed by atoms with Gasteiger partial charge in [0.2, 0.25) is 0 Å². The van der Waals surface area contributed by atoms with Crippen LogP contribution in [0.1, 0.15) is 45.2 Å². The van der Waals surface area contributed by atoms with Crippen LogP contribution in [0.15, 0.2) is 12.5 Å². The number of likely N-dealkylation sites (tertiary alicyclic amines) is 1. The number of rotatable bonds is 6. The van der Waals surface area contributed by atoms with Gasteiger partial charge in [0.15, 0.2) is 0 Å². The molecule has 0 spiro atoms. The second kappa shape index (κ2) is 6.39. The van der Waals surface area contributed by atoms with Crippen LogP contribution in [0.5, 0.6) is 0 Å². The molecule has 0 radical (unpaired) electrons. The van der Waals surface area contributed by atoms with Crippen LogP contribution in [-0.4, -0.2) is 38.6 Å². The fourth-order valence-electron chi connectivity index (χ4n) is 3.13. The highest BCUT2D eigenvalue weighted by Crippen LogP contribution is 2.34. The van der Waals surface area contributed by atoms with Gasteiger partial charge in [-0.15, -0.1) is 0 Å². The van der Waals surface area contributed by atoms with Gasteiger partial charge in [0, 0.05) is 25.8 Å². The van der Waals surface area contributed by atoms with Crippen LogP contribution in [0.25, 0.3) is 0 Å². The Kier molecular flexibility index (Phi) is 4.81. The molecule has 1 saturated heterocycles. The van der Waals surface area contributed by atoms with Crippen LogP contribution in [0.3, 0.4) is 0 Å². The maximum atomic E-state index is 11.6. The lowest BCUT2D eigenvalue weighted by molar-refractivity contribution is -0.153. The molecule has 2 rings (SSSR count). The van der Waals surface area contributed by atoms with E-state index in [1.54, 1.807) is 0 Å². The van der Waals surface area contributed by atoms with Gasteiger partial charge in [-0.2, -0.15) is 0 Å². The van der Waals surface area contributed by atoms with Crippen LogP contribution in [0, 0.1) is 5.41 Å². The molecule has 1 N–H and O–H groups in total. The van der Waals surface area contributed by atoms with Gasteiger partial charge in [-0.3, -0.25) is 9.69 Å². The first kappa shape index (κ1) is 15.0. The lowest BCUT2D eigenvalue weighted by atomic mass is 9.77. The molecule has 1 aromatic rings. The molecule has 0 saturated carbocycles. The third-order valence-corrected chi connectivity index (χ3v) is 4.44. The molecule has 0 aromatic carbocycles. The first-order valence-corrected chi connectivity index (χ1v) is 7.56. The van der Waals surface area contributed by atoms with Gasteiger partial charge in [-0.1, -0.05) is 13.8 Å². The smallest absolute Gasteiger partial charge is 0.310 e. The predicted molar refractivity (Wildman–Crippen MR) is 77.4 cm³/mol. The Bertz CT molecular complexity index is 458. The van der Waals surface area contributed by atoms with Crippen molar-refractivity contribution in [1.29, 1.82) is 0 Å². The number of piperidine rings is 1. The summed E-state index contributed by atoms with van der Waals surface area (Å²) in [6.07, 6.45) is 7.31. The van der Waals surface area contributed by atoms with Gasteiger partial charge in [-0.05, 0) is 32.2 Å². The number of nitrogens with zero attached hydrogens (tertiary/aromatic N) is 3. The molecule has 0 aliphatic carbocycles. The van der Waals surface area contributed by atoms with Gasteiger partial charge in [0.1, 0.15) is 0 Å². The summed E-state index contributed by atoms with van der Waals surface area (Å²) in [5, 5.41) is 9.53. The number of carboxylic acids is 1. The minimum Gasteiger partial charge on any atom is -0.481 e. The number of aromatic nitrogens is 2. The summed E-state index contributed by atoms with van der Waals surface area (Å²) in [4.78, 5) is 18.1. The molecule has 1 aliphatic rings. The molecule has 112 valence electrons. The molecule has 1 aromatic heterocycles. The van der Waals surface area contributed by atoms with E-state index in [1.165, 1.54) is 5.69 Å². The SMILES string of the molecule is CCCn1cncc1CN1CCCC(CC)(C(=O)O)C1. The molecule has 1 unspecified atom stereocenters. The van der Waals surface area contributed by atoms with Crippen molar-refractivity contribution in [3.05, 3.63) is 18.2 Å². The number of hydrogen-bond donors (Lipinski definition) is 1. The van der Waals surface area contributed by atoms with Gasteiger partial charge in [-0.25, -0.2) is 4.98 Å². The summed E-state index contributed by atoms with van der Waals surface area (Å²) in [7, 11) is 0. The molecule has 5 nitrogen and oxygen atoms in total. The number of carboxylic acid groups (broad SMARTS) is 1. The average Bonchev–Trinajstić information content (AvgIpc) is 2.86. The van der Waals surface area contributed by atoms with Gasteiger partial charge in [0.25, 0.3) is 0 Å². The maximum absolute atomic E-state index is 11.6. The van der Waals surface area contributed by atoms with Crippen molar-refractivity contribution >= 4 is 5.97 Å². The maximum Gasteiger partial charge on any atom is 0.310 e. The minimum absolute atomic E-state index is 0.562. The van der Waals surface area contributed by atoms with E-state index in [9.17, 15) is 9.90 Å². The Morgan fingerprint density at radius 1 is 1.50 bits per heavy atom. The first-order valence-electron chi connectivity index (χ1n) is 7.56. The Hall–Kier alpha value is -1.36. The second-order valence-corrected chi connectivity index (χ2v) is 5.83. The van der Waals surface area contributed by atoms with Crippen LogP contribution in [-0.2, 0) is 17.9 Å². The average molecular weight is 279 g/mol. The summed E-state index contributed by atoms with van der Waals surface area (Å²) >= 11 is 0. The zero-order valence-corrected chi connectivity index (χ0v) is 12.5. The van der Waals surface area contributed by atoms with Crippen molar-refractivity contribution in [2.45, 2.75) is 52.6 Å². The van der Waals surface area contributed by atoms with Crippen LogP contribution in [0.4, 0.5) is 0 Å². The zero-order valence-electron chi connectivity index (χ0n) is 12.5. The Morgan fingerprint density at radius 2 is 2.30 bits per heavy atom. The fraction of sp³-hybridized carbons (Fsp3) is 0.733. The molecular weight excluding hydrogens is 254 g/mol. The highest BCUT2D eigenvalue weighted by Gasteiger charge is 2.40. The third-order valence-electron chi connectivity index (χ3n) is 4.44. The number of hydrogen-bond acceptors (Lipinski definition) is 3. The highest BCUT2D eigenvalue weighted by atomic mass is 16.4. The van der Waals surface area contributed by atoms with Crippen molar-refractivity contribution in [2.75, 3.05) is 13.1 Å². The molecule has 0 bridgehead atoms. The summed E-state index contributed by atoms with van der Waals surface area (Å²) in [6.45, 7) is 7.54. The second-order valence-electron chi connectivity index (χ2n) is 5.83. The Morgan fingerprint density at radius 3 is 2.95 bits per heavy atom. The number of carbonyl (C=O) groups is 1. The summed E-state index contributed by atoms with van der Waals surface area (Å²) in [5.41, 5.74) is 0.623. The molecule has 1 aliphatic heterocycles. The van der Waals surface area contributed by atoms with E-state index < -0.39 is 11.4 Å². The van der Waals surface area contributed by atoms with Crippen molar-refractivity contribution in [3.8, 4) is 0 Å². The van der Waals surface area contributed by atoms with Crippen LogP contribution in [0.2, 0.25) is 0 Å². The number of aryl methyl sites for hydroxylation is 1. The normalized spacial score (nSPS) is 23.9. The van der Waals surface area contributed by atoms with E-state index in [4.69, 9.17) is 0 Å². The molecule has 20 heavy (non-hydrogen) atoms. The van der Waals surface area contributed by atoms with Crippen molar-refractivity contribution < 1.29 is 9.90 Å². The first-order chi connectivity index (χ1) is 9.61. The predicted octanol–water partition coefficient (Wildman–Crippen LogP) is 2.37. The summed E-state index contributed by atoms with van der Waals surface area (Å²) in [5.74, 6) is -0.647. The number of imidazole rings is 1. The van der Waals surface area contributed by atoms with E-state index >= 15 is 0 Å². The van der Waals surface area contributed by atoms with E-state index in [0.717, 1.165) is 38.9 Å². The molecule has 1 atom stereocenters. The van der Waals surface area contributed by atoms with Crippen LogP contribution < -0.4 is 0 Å². The van der Waals surface area contributed by atoms with Gasteiger partial charge < -0.3 is 9.67 Å². The Balaban J connectivity index is 2.06. The minimum atomic E-state index is -0.647. The fourth-order valence-corrected chi connectivity index (χ4v) is 3.13. The quantitative estimate of drug-likeness (QED) is 0.868. The summed E-state index contributed by atoms with van der Waals surface area (Å²) in [6, 6.07) is 0. The van der Waals surface area contributed by atoms with E-state index in [0.29, 0.717) is 13.0 Å². The van der Waals surface area contributed by atoms with E-state index in [2.05, 4.69) is 21.4 Å². The van der Waals surface area contributed by atoms with Gasteiger partial charge in [0.05, 0.1) is 17.4 Å². The van der Waals surface area contributed by atoms with E-state index in [-0.39, 0.29) is 0 Å². The van der Waals surface area contributed by atoms with Crippen molar-refractivity contribution in [3.63, 3.8) is 0 Å². The summed E-state index contributed by atoms with van der Waals surface area (Å²) < 4.78 is 2.17. The molecule has 5 heteroatoms. The lowest BCUT2D eigenvalue weighted by Gasteiger charge is -2.39. The topological polar surface area (TPSA) is 58.4 Å². The molecule has 2 heterocycles. The molecule has 0 amide bonds. The lowest BCUT2D eigenvalue weighted by Crippen LogP contribution is -2.47.